The predicted molar refractivity (Wildman–Crippen MR) is 131 cm³/mol. The minimum Gasteiger partial charge on any atom is -0.380 e. The highest BCUT2D eigenvalue weighted by molar-refractivity contribution is 6.10. The molecule has 37 heavy (non-hydrogen) atoms. The Morgan fingerprint density at radius 2 is 1.89 bits per heavy atom. The quantitative estimate of drug-likeness (QED) is 0.279. The van der Waals surface area contributed by atoms with E-state index in [0.29, 0.717) is 36.9 Å². The summed E-state index contributed by atoms with van der Waals surface area (Å²) in [5.74, 6) is 5.50. The molecule has 2 aliphatic carbocycles. The fourth-order valence-corrected chi connectivity index (χ4v) is 6.49. The summed E-state index contributed by atoms with van der Waals surface area (Å²) in [6.45, 7) is 0. The number of hydrazine groups is 1. The van der Waals surface area contributed by atoms with Gasteiger partial charge in [0, 0.05) is 35.0 Å². The van der Waals surface area contributed by atoms with Crippen LogP contribution in [0, 0.1) is 28.5 Å². The van der Waals surface area contributed by atoms with Gasteiger partial charge in [-0.2, -0.15) is 13.2 Å². The predicted octanol–water partition coefficient (Wildman–Crippen LogP) is 5.67. The second-order valence-electron chi connectivity index (χ2n) is 10.5. The van der Waals surface area contributed by atoms with Crippen molar-refractivity contribution in [1.29, 1.82) is 5.41 Å². The third kappa shape index (κ3) is 4.59. The van der Waals surface area contributed by atoms with Gasteiger partial charge in [0.25, 0.3) is 0 Å². The van der Waals surface area contributed by atoms with E-state index in [1.54, 1.807) is 18.5 Å². The minimum atomic E-state index is -4.70. The number of hydrogen-bond acceptors (Lipinski definition) is 5. The van der Waals surface area contributed by atoms with Crippen LogP contribution in [-0.2, 0) is 6.42 Å². The Bertz CT molecular complexity index is 1230. The van der Waals surface area contributed by atoms with Crippen molar-refractivity contribution in [2.45, 2.75) is 56.7 Å². The van der Waals surface area contributed by atoms with Gasteiger partial charge in [-0.1, -0.05) is 12.5 Å². The molecule has 5 rings (SSSR count). The molecule has 1 aromatic carbocycles. The monoisotopic (exact) mass is 514 g/mol. The number of nitrogens with one attached hydrogen (secondary N) is 1. The molecule has 0 bridgehead atoms. The number of nitrogens with two attached hydrogens (primary N) is 1. The maximum atomic E-state index is 13.9. The summed E-state index contributed by atoms with van der Waals surface area (Å²) in [4.78, 5) is 4.48. The Hall–Kier alpha value is -3.04. The molecular formula is C28H30F4N4O. The SMILES string of the molecule is N=C(C1=CC2CCCC3CC(O)(C(F)(F)F)CCC3(Cc3ccccn3)C2=CN1N)c1ccc(F)cc1. The summed E-state index contributed by atoms with van der Waals surface area (Å²) in [6, 6.07) is 11.2. The number of nitrogens with zero attached hydrogens (tertiary/aromatic N) is 2. The average molecular weight is 515 g/mol. The zero-order valence-corrected chi connectivity index (χ0v) is 20.3. The first-order chi connectivity index (χ1) is 17.5. The van der Waals surface area contributed by atoms with Crippen LogP contribution in [0.2, 0.25) is 0 Å². The Labute approximate surface area is 213 Å². The molecule has 0 amide bonds. The smallest absolute Gasteiger partial charge is 0.380 e. The lowest BCUT2D eigenvalue weighted by atomic mass is 9.55. The first-order valence-electron chi connectivity index (χ1n) is 12.5. The summed E-state index contributed by atoms with van der Waals surface area (Å²) in [5.41, 5.74) is -0.532. The number of hydrogen-bond donors (Lipinski definition) is 3. The van der Waals surface area contributed by atoms with Crippen LogP contribution in [-0.4, -0.2) is 32.6 Å². The van der Waals surface area contributed by atoms with Crippen LogP contribution in [0.5, 0.6) is 0 Å². The first kappa shape index (κ1) is 25.6. The second kappa shape index (κ2) is 9.36. The van der Waals surface area contributed by atoms with Gasteiger partial charge in [0.2, 0.25) is 0 Å². The molecule has 4 N–H and O–H groups in total. The molecule has 196 valence electrons. The van der Waals surface area contributed by atoms with Gasteiger partial charge in [-0.05, 0) is 92.5 Å². The molecule has 1 aromatic heterocycles. The number of benzene rings is 1. The maximum absolute atomic E-state index is 13.9. The van der Waals surface area contributed by atoms with Crippen LogP contribution >= 0.6 is 0 Å². The number of alkyl halides is 3. The van der Waals surface area contributed by atoms with Gasteiger partial charge in [-0.3, -0.25) is 15.4 Å². The Morgan fingerprint density at radius 1 is 1.14 bits per heavy atom. The third-order valence-corrected chi connectivity index (χ3v) is 8.45. The molecule has 0 spiro atoms. The van der Waals surface area contributed by atoms with Gasteiger partial charge < -0.3 is 5.11 Å². The van der Waals surface area contributed by atoms with E-state index in [0.717, 1.165) is 11.3 Å². The highest BCUT2D eigenvalue weighted by atomic mass is 19.4. The Balaban J connectivity index is 1.55. The topological polar surface area (TPSA) is 86.2 Å². The van der Waals surface area contributed by atoms with E-state index in [4.69, 9.17) is 11.3 Å². The molecule has 2 fully saturated rings. The van der Waals surface area contributed by atoms with Gasteiger partial charge in [0.15, 0.2) is 5.60 Å². The molecule has 4 atom stereocenters. The van der Waals surface area contributed by atoms with Crippen molar-refractivity contribution >= 4 is 5.71 Å². The second-order valence-corrected chi connectivity index (χ2v) is 10.5. The molecule has 1 aliphatic heterocycles. The zero-order valence-electron chi connectivity index (χ0n) is 20.3. The summed E-state index contributed by atoms with van der Waals surface area (Å²) in [5, 5.41) is 20.7. The van der Waals surface area contributed by atoms with Crippen molar-refractivity contribution in [3.8, 4) is 0 Å². The number of fused-ring (bicyclic) bond motifs is 3. The van der Waals surface area contributed by atoms with Crippen LogP contribution in [0.15, 0.2) is 72.2 Å². The maximum Gasteiger partial charge on any atom is 0.417 e. The molecule has 0 radical (unpaired) electrons. The van der Waals surface area contributed by atoms with E-state index in [-0.39, 0.29) is 24.5 Å². The van der Waals surface area contributed by atoms with Gasteiger partial charge >= 0.3 is 6.18 Å². The molecule has 9 heteroatoms. The minimum absolute atomic E-state index is 0.124. The summed E-state index contributed by atoms with van der Waals surface area (Å²) in [6.07, 6.45) is 2.45. The van der Waals surface area contributed by atoms with E-state index >= 15 is 0 Å². The first-order valence-corrected chi connectivity index (χ1v) is 12.5. The van der Waals surface area contributed by atoms with Crippen LogP contribution in [0.3, 0.4) is 0 Å². The van der Waals surface area contributed by atoms with Gasteiger partial charge in [0.05, 0.1) is 11.4 Å². The van der Waals surface area contributed by atoms with Crippen LogP contribution < -0.4 is 5.84 Å². The molecule has 5 nitrogen and oxygen atoms in total. The number of pyridine rings is 1. The number of aromatic nitrogens is 1. The molecule has 3 aliphatic rings. The normalized spacial score (nSPS) is 29.9. The summed E-state index contributed by atoms with van der Waals surface area (Å²) < 4.78 is 55.1. The zero-order chi connectivity index (χ0) is 26.4. The number of halogens is 4. The van der Waals surface area contributed by atoms with Gasteiger partial charge in [-0.25, -0.2) is 10.2 Å². The number of allylic oxidation sites excluding steroid dienone is 3. The van der Waals surface area contributed by atoms with E-state index < -0.39 is 35.3 Å². The number of rotatable bonds is 4. The fourth-order valence-electron chi connectivity index (χ4n) is 6.49. The van der Waals surface area contributed by atoms with E-state index in [1.807, 2.05) is 18.2 Å². The Kier molecular flexibility index (Phi) is 6.48. The van der Waals surface area contributed by atoms with Crippen LogP contribution in [0.25, 0.3) is 0 Å². The highest BCUT2D eigenvalue weighted by Crippen LogP contribution is 2.60. The van der Waals surface area contributed by atoms with E-state index in [1.165, 1.54) is 29.3 Å². The molecule has 2 heterocycles. The van der Waals surface area contributed by atoms with Crippen molar-refractivity contribution in [2.75, 3.05) is 0 Å². The molecule has 4 unspecified atom stereocenters. The van der Waals surface area contributed by atoms with Crippen molar-refractivity contribution in [1.82, 2.24) is 9.99 Å². The van der Waals surface area contributed by atoms with Crippen LogP contribution in [0.1, 0.15) is 49.8 Å². The average Bonchev–Trinajstić information content (AvgIpc) is 3.00. The van der Waals surface area contributed by atoms with Gasteiger partial charge in [0.1, 0.15) is 5.82 Å². The highest BCUT2D eigenvalue weighted by Gasteiger charge is 2.61. The van der Waals surface area contributed by atoms with Crippen molar-refractivity contribution < 1.29 is 22.7 Å². The van der Waals surface area contributed by atoms with E-state index in [9.17, 15) is 22.7 Å². The third-order valence-electron chi connectivity index (χ3n) is 8.45. The lowest BCUT2D eigenvalue weighted by Gasteiger charge is -2.52. The lowest BCUT2D eigenvalue weighted by Crippen LogP contribution is -2.55. The van der Waals surface area contributed by atoms with Crippen molar-refractivity contribution in [3.63, 3.8) is 0 Å². The summed E-state index contributed by atoms with van der Waals surface area (Å²) >= 11 is 0. The summed E-state index contributed by atoms with van der Waals surface area (Å²) in [7, 11) is 0. The fraction of sp³-hybridized carbons (Fsp3) is 0.429. The van der Waals surface area contributed by atoms with Crippen molar-refractivity contribution in [3.05, 3.63) is 89.3 Å². The lowest BCUT2D eigenvalue weighted by molar-refractivity contribution is -0.281. The Morgan fingerprint density at radius 3 is 2.57 bits per heavy atom. The van der Waals surface area contributed by atoms with Crippen molar-refractivity contribution in [2.24, 2.45) is 23.1 Å². The van der Waals surface area contributed by atoms with E-state index in [2.05, 4.69) is 4.98 Å². The number of aliphatic hydroxyl groups is 1. The van der Waals surface area contributed by atoms with Crippen LogP contribution in [0.4, 0.5) is 17.6 Å². The molecular weight excluding hydrogens is 484 g/mol. The molecule has 2 saturated carbocycles. The largest absolute Gasteiger partial charge is 0.417 e. The van der Waals surface area contributed by atoms with Gasteiger partial charge in [-0.15, -0.1) is 0 Å². The molecule has 2 aromatic rings. The molecule has 0 saturated heterocycles. The standard InChI is InChI=1S/C28H30F4N4O/c29-21-9-7-18(8-10-21)25(33)24-14-19-4-3-5-20-15-27(37,28(30,31)32)12-11-26(20,23(19)17-36(24)34)16-22-6-1-2-13-35-22/h1-2,6-10,13-14,17,19-20,33,37H,3-5,11-12,15-16,34H2.